The van der Waals surface area contributed by atoms with E-state index in [0.29, 0.717) is 41.7 Å². The number of rotatable bonds is 4. The molecule has 0 unspecified atom stereocenters. The second-order valence-corrected chi connectivity index (χ2v) is 4.50. The number of carbonyl (C=O) groups excluding carboxylic acids is 1. The molecular formula is C13H18N4O2. The molecular weight excluding hydrogens is 244 g/mol. The number of imidazole rings is 1. The minimum absolute atomic E-state index is 0.0378. The molecule has 0 spiro atoms. The first-order valence-electron chi connectivity index (χ1n) is 6.45. The van der Waals surface area contributed by atoms with Gasteiger partial charge in [-0.2, -0.15) is 0 Å². The van der Waals surface area contributed by atoms with E-state index < -0.39 is 0 Å². The molecule has 2 aliphatic rings. The van der Waals surface area contributed by atoms with Gasteiger partial charge in [-0.15, -0.1) is 0 Å². The Bertz CT molecular complexity index is 577. The summed E-state index contributed by atoms with van der Waals surface area (Å²) in [6.45, 7) is 5.28. The third-order valence-electron chi connectivity index (χ3n) is 2.93. The topological polar surface area (TPSA) is 80.9 Å². The van der Waals surface area contributed by atoms with Crippen LogP contribution in [0.1, 0.15) is 42.4 Å². The van der Waals surface area contributed by atoms with E-state index in [0.717, 1.165) is 6.42 Å². The van der Waals surface area contributed by atoms with Crippen LogP contribution in [0.2, 0.25) is 0 Å². The fraction of sp³-hybridized carbons (Fsp3) is 0.538. The maximum atomic E-state index is 11.9. The summed E-state index contributed by atoms with van der Waals surface area (Å²) in [5, 5.41) is 9.22. The molecule has 0 saturated heterocycles. The van der Waals surface area contributed by atoms with Crippen LogP contribution in [0.4, 0.5) is 0 Å². The van der Waals surface area contributed by atoms with Crippen molar-refractivity contribution in [1.29, 1.82) is 0 Å². The molecule has 0 fully saturated rings. The van der Waals surface area contributed by atoms with E-state index in [2.05, 4.69) is 15.0 Å². The van der Waals surface area contributed by atoms with Crippen LogP contribution in [0.25, 0.3) is 11.5 Å². The van der Waals surface area contributed by atoms with Crippen molar-refractivity contribution < 1.29 is 9.90 Å². The molecule has 0 bridgehead atoms. The second kappa shape index (κ2) is 5.44. The molecule has 0 aliphatic carbocycles. The largest absolute Gasteiger partial charge is 0.396 e. The molecule has 0 aromatic carbocycles. The number of aliphatic hydroxyl groups is 1. The van der Waals surface area contributed by atoms with Crippen LogP contribution in [-0.4, -0.2) is 37.1 Å². The normalized spacial score (nSPS) is 11.2. The van der Waals surface area contributed by atoms with Crippen molar-refractivity contribution in [3.8, 4) is 11.5 Å². The second-order valence-electron chi connectivity index (χ2n) is 4.50. The van der Waals surface area contributed by atoms with Crippen LogP contribution in [-0.2, 0) is 12.8 Å². The molecule has 0 aromatic heterocycles. The van der Waals surface area contributed by atoms with Crippen molar-refractivity contribution in [1.82, 2.24) is 19.5 Å². The summed E-state index contributed by atoms with van der Waals surface area (Å²) in [6.07, 6.45) is 1.95. The lowest BCUT2D eigenvalue weighted by molar-refractivity contribution is 0.0926. The molecule has 2 rings (SSSR count). The van der Waals surface area contributed by atoms with Crippen LogP contribution < -0.4 is 0 Å². The van der Waals surface area contributed by atoms with Gasteiger partial charge in [0.1, 0.15) is 17.3 Å². The molecule has 0 atom stereocenters. The van der Waals surface area contributed by atoms with Crippen molar-refractivity contribution in [2.75, 3.05) is 6.61 Å². The zero-order valence-electron chi connectivity index (χ0n) is 11.5. The summed E-state index contributed by atoms with van der Waals surface area (Å²) in [5.41, 5.74) is 1.31. The molecule has 102 valence electrons. The SMILES string of the molecule is CCCc1nc2nc(C)nc-2c(CCO)n1C(C)=O. The van der Waals surface area contributed by atoms with E-state index in [9.17, 15) is 9.90 Å². The standard InChI is InChI=1S/C13H18N4O2/c1-4-5-11-16-13-12(14-8(2)15-13)10(6-7-18)17(11)9(3)19/h18H,4-7H2,1-3H3. The lowest BCUT2D eigenvalue weighted by atomic mass is 10.2. The van der Waals surface area contributed by atoms with Crippen LogP contribution in [0, 0.1) is 6.92 Å². The van der Waals surface area contributed by atoms with Gasteiger partial charge < -0.3 is 5.11 Å². The number of aliphatic hydroxyl groups excluding tert-OH is 1. The van der Waals surface area contributed by atoms with Crippen molar-refractivity contribution in [2.24, 2.45) is 0 Å². The third kappa shape index (κ3) is 2.49. The van der Waals surface area contributed by atoms with Crippen molar-refractivity contribution in [3.05, 3.63) is 17.3 Å². The molecule has 0 radical (unpaired) electrons. The first kappa shape index (κ1) is 13.6. The minimum Gasteiger partial charge on any atom is -0.396 e. The average molecular weight is 262 g/mol. The highest BCUT2D eigenvalue weighted by molar-refractivity contribution is 5.79. The highest BCUT2D eigenvalue weighted by atomic mass is 16.3. The lowest BCUT2D eigenvalue weighted by Gasteiger charge is -2.17. The van der Waals surface area contributed by atoms with Gasteiger partial charge in [0.25, 0.3) is 0 Å². The van der Waals surface area contributed by atoms with Crippen LogP contribution in [0.15, 0.2) is 0 Å². The van der Waals surface area contributed by atoms with Crippen molar-refractivity contribution in [3.63, 3.8) is 0 Å². The van der Waals surface area contributed by atoms with E-state index in [1.807, 2.05) is 6.92 Å². The summed E-state index contributed by atoms with van der Waals surface area (Å²) in [5.74, 6) is 1.76. The van der Waals surface area contributed by atoms with Crippen molar-refractivity contribution >= 4 is 5.91 Å². The Balaban J connectivity index is 2.74. The zero-order valence-corrected chi connectivity index (χ0v) is 11.5. The summed E-state index contributed by atoms with van der Waals surface area (Å²) < 4.78 is 1.57. The summed E-state index contributed by atoms with van der Waals surface area (Å²) in [7, 11) is 0. The van der Waals surface area contributed by atoms with Gasteiger partial charge in [0, 0.05) is 26.4 Å². The highest BCUT2D eigenvalue weighted by Gasteiger charge is 2.22. The van der Waals surface area contributed by atoms with E-state index in [1.165, 1.54) is 6.92 Å². The lowest BCUT2D eigenvalue weighted by Crippen LogP contribution is -2.22. The van der Waals surface area contributed by atoms with Crippen molar-refractivity contribution in [2.45, 2.75) is 40.0 Å². The van der Waals surface area contributed by atoms with E-state index in [-0.39, 0.29) is 12.5 Å². The molecule has 6 nitrogen and oxygen atoms in total. The van der Waals surface area contributed by atoms with Gasteiger partial charge in [0.15, 0.2) is 5.82 Å². The van der Waals surface area contributed by atoms with Crippen LogP contribution in [0.3, 0.4) is 0 Å². The number of carbonyl (C=O) groups is 1. The molecule has 0 aromatic rings. The number of aromatic nitrogens is 4. The Morgan fingerprint density at radius 3 is 2.58 bits per heavy atom. The van der Waals surface area contributed by atoms with E-state index >= 15 is 0 Å². The van der Waals surface area contributed by atoms with Gasteiger partial charge in [0.05, 0.1) is 5.69 Å². The maximum absolute atomic E-state index is 11.9. The predicted octanol–water partition coefficient (Wildman–Crippen LogP) is 1.23. The van der Waals surface area contributed by atoms with Gasteiger partial charge in [-0.05, 0) is 13.3 Å². The van der Waals surface area contributed by atoms with Gasteiger partial charge in [-0.25, -0.2) is 15.0 Å². The Morgan fingerprint density at radius 2 is 2.00 bits per heavy atom. The molecule has 1 N–H and O–H groups in total. The van der Waals surface area contributed by atoms with E-state index in [4.69, 9.17) is 0 Å². The predicted molar refractivity (Wildman–Crippen MR) is 70.3 cm³/mol. The third-order valence-corrected chi connectivity index (χ3v) is 2.93. The quantitative estimate of drug-likeness (QED) is 0.896. The first-order valence-corrected chi connectivity index (χ1v) is 6.45. The maximum Gasteiger partial charge on any atom is 0.229 e. The summed E-state index contributed by atoms with van der Waals surface area (Å²) in [6, 6.07) is 0. The van der Waals surface area contributed by atoms with E-state index in [1.54, 1.807) is 11.5 Å². The average Bonchev–Trinajstić information content (AvgIpc) is 2.70. The summed E-state index contributed by atoms with van der Waals surface area (Å²) in [4.78, 5) is 24.9. The number of nitrogens with zero attached hydrogens (tertiary/aromatic N) is 4. The Morgan fingerprint density at radius 1 is 1.26 bits per heavy atom. The molecule has 0 saturated carbocycles. The fourth-order valence-corrected chi connectivity index (χ4v) is 2.25. The highest BCUT2D eigenvalue weighted by Crippen LogP contribution is 2.24. The molecule has 2 aliphatic heterocycles. The Kier molecular flexibility index (Phi) is 3.90. The number of fused-ring (bicyclic) bond motifs is 1. The smallest absolute Gasteiger partial charge is 0.229 e. The van der Waals surface area contributed by atoms with Gasteiger partial charge >= 0.3 is 0 Å². The summed E-state index contributed by atoms with van der Waals surface area (Å²) >= 11 is 0. The number of hydrogen-bond donors (Lipinski definition) is 1. The first-order chi connectivity index (χ1) is 9.08. The Labute approximate surface area is 111 Å². The number of hydrogen-bond acceptors (Lipinski definition) is 5. The number of aryl methyl sites for hydroxylation is 2. The molecule has 2 heterocycles. The molecule has 19 heavy (non-hydrogen) atoms. The molecule has 6 heteroatoms. The zero-order chi connectivity index (χ0) is 14.0. The minimum atomic E-state index is -0.109. The van der Waals surface area contributed by atoms with Gasteiger partial charge in [-0.1, -0.05) is 6.92 Å². The Hall–Kier alpha value is -1.82. The van der Waals surface area contributed by atoms with Crippen LogP contribution in [0.5, 0.6) is 0 Å². The fourth-order valence-electron chi connectivity index (χ4n) is 2.25. The monoisotopic (exact) mass is 262 g/mol. The molecule has 0 amide bonds. The van der Waals surface area contributed by atoms with Gasteiger partial charge in [-0.3, -0.25) is 9.36 Å². The van der Waals surface area contributed by atoms with Crippen LogP contribution >= 0.6 is 0 Å². The van der Waals surface area contributed by atoms with Gasteiger partial charge in [0.2, 0.25) is 5.91 Å².